The molecule has 1 fully saturated rings. The number of aryl methyl sites for hydroxylation is 1. The summed E-state index contributed by atoms with van der Waals surface area (Å²) < 4.78 is 58.9. The van der Waals surface area contributed by atoms with Crippen molar-refractivity contribution in [3.8, 4) is 5.75 Å². The molecule has 0 bridgehead atoms. The number of carbonyl (C=O) groups excluding carboxylic acids is 1. The summed E-state index contributed by atoms with van der Waals surface area (Å²) in [5.74, 6) is -0.383. The Kier molecular flexibility index (Phi) is 5.59. The first-order valence-electron chi connectivity index (χ1n) is 8.96. The summed E-state index contributed by atoms with van der Waals surface area (Å²) in [5, 5.41) is 0. The zero-order valence-corrected chi connectivity index (χ0v) is 17.9. The van der Waals surface area contributed by atoms with Gasteiger partial charge in [0, 0.05) is 6.42 Å². The first-order valence-corrected chi connectivity index (χ1v) is 12.1. The van der Waals surface area contributed by atoms with Gasteiger partial charge in [0.2, 0.25) is 15.9 Å². The van der Waals surface area contributed by atoms with Crippen LogP contribution in [0.4, 0.5) is 11.4 Å². The van der Waals surface area contributed by atoms with Crippen LogP contribution >= 0.6 is 0 Å². The van der Waals surface area contributed by atoms with Gasteiger partial charge in [-0.25, -0.2) is 21.1 Å². The molecule has 1 aliphatic heterocycles. The molecular formula is C19H22N2O6S2. The van der Waals surface area contributed by atoms with Gasteiger partial charge < -0.3 is 4.74 Å². The Hall–Kier alpha value is -2.59. The van der Waals surface area contributed by atoms with Crippen molar-refractivity contribution in [3.05, 3.63) is 48.0 Å². The van der Waals surface area contributed by atoms with Gasteiger partial charge in [-0.3, -0.25) is 9.52 Å². The van der Waals surface area contributed by atoms with E-state index in [4.69, 9.17) is 4.74 Å². The summed E-state index contributed by atoms with van der Waals surface area (Å²) >= 11 is 0. The second kappa shape index (κ2) is 7.68. The number of hydrogen-bond donors (Lipinski definition) is 1. The Morgan fingerprint density at radius 2 is 1.83 bits per heavy atom. The fourth-order valence-electron chi connectivity index (χ4n) is 3.04. The summed E-state index contributed by atoms with van der Waals surface area (Å²) in [4.78, 5) is 11.9. The van der Waals surface area contributed by atoms with Crippen LogP contribution in [0.2, 0.25) is 0 Å². The minimum atomic E-state index is -3.97. The molecule has 1 heterocycles. The molecule has 8 nitrogen and oxygen atoms in total. The highest BCUT2D eigenvalue weighted by Crippen LogP contribution is 2.31. The van der Waals surface area contributed by atoms with Crippen molar-refractivity contribution in [1.82, 2.24) is 0 Å². The molecule has 0 aliphatic carbocycles. The number of benzene rings is 2. The van der Waals surface area contributed by atoms with Gasteiger partial charge in [0.05, 0.1) is 28.1 Å². The molecule has 29 heavy (non-hydrogen) atoms. The van der Waals surface area contributed by atoms with Crippen LogP contribution in [0.15, 0.2) is 47.4 Å². The van der Waals surface area contributed by atoms with Crippen LogP contribution in [-0.4, -0.2) is 34.6 Å². The number of rotatable bonds is 6. The van der Waals surface area contributed by atoms with Crippen molar-refractivity contribution in [3.63, 3.8) is 0 Å². The third-order valence-corrected chi connectivity index (χ3v) is 7.47. The number of amides is 1. The van der Waals surface area contributed by atoms with Crippen molar-refractivity contribution in [2.75, 3.05) is 14.8 Å². The molecule has 0 unspecified atom stereocenters. The highest BCUT2D eigenvalue weighted by molar-refractivity contribution is 7.94. The summed E-state index contributed by atoms with van der Waals surface area (Å²) in [6, 6.07) is 10.7. The van der Waals surface area contributed by atoms with E-state index in [0.29, 0.717) is 17.0 Å². The quantitative estimate of drug-likeness (QED) is 0.742. The molecule has 1 amide bonds. The van der Waals surface area contributed by atoms with Crippen LogP contribution in [0, 0.1) is 6.92 Å². The lowest BCUT2D eigenvalue weighted by Gasteiger charge is -2.18. The van der Waals surface area contributed by atoms with E-state index >= 15 is 0 Å². The number of para-hydroxylation sites is 2. The van der Waals surface area contributed by atoms with E-state index in [1.165, 1.54) is 18.2 Å². The summed E-state index contributed by atoms with van der Waals surface area (Å²) in [7, 11) is -7.69. The van der Waals surface area contributed by atoms with Crippen LogP contribution in [0.5, 0.6) is 5.75 Å². The Morgan fingerprint density at radius 3 is 2.41 bits per heavy atom. The van der Waals surface area contributed by atoms with Crippen LogP contribution < -0.4 is 13.8 Å². The van der Waals surface area contributed by atoms with Gasteiger partial charge in [0.1, 0.15) is 5.75 Å². The molecule has 156 valence electrons. The first kappa shape index (κ1) is 21.1. The largest absolute Gasteiger partial charge is 0.489 e. The topological polar surface area (TPSA) is 110 Å². The number of hydrogen-bond acceptors (Lipinski definition) is 6. The van der Waals surface area contributed by atoms with E-state index in [-0.39, 0.29) is 28.9 Å². The van der Waals surface area contributed by atoms with E-state index in [9.17, 15) is 21.6 Å². The predicted octanol–water partition coefficient (Wildman–Crippen LogP) is 2.65. The molecule has 0 spiro atoms. The van der Waals surface area contributed by atoms with Crippen molar-refractivity contribution in [2.45, 2.75) is 38.2 Å². The SMILES string of the molecule is Cc1cc(N2C(=O)CCS2(=O)=O)ccc1S(=O)(=O)Nc1ccccc1OC(C)C. The molecule has 3 rings (SSSR count). The Balaban J connectivity index is 1.94. The lowest BCUT2D eigenvalue weighted by Crippen LogP contribution is -2.29. The molecular weight excluding hydrogens is 416 g/mol. The average Bonchev–Trinajstić information content (AvgIpc) is 2.88. The molecule has 2 aromatic rings. The highest BCUT2D eigenvalue weighted by atomic mass is 32.2. The third kappa shape index (κ3) is 4.38. The average molecular weight is 439 g/mol. The molecule has 1 N–H and O–H groups in total. The number of carbonyl (C=O) groups is 1. The highest BCUT2D eigenvalue weighted by Gasteiger charge is 2.36. The standard InChI is InChI=1S/C19H22N2O6S2/c1-13(2)27-17-7-5-4-6-16(17)20-29(25,26)18-9-8-15(12-14(18)3)21-19(22)10-11-28(21,23)24/h4-9,12-13,20H,10-11H2,1-3H3. The minimum Gasteiger partial charge on any atom is -0.489 e. The van der Waals surface area contributed by atoms with Gasteiger partial charge in [-0.05, 0) is 56.7 Å². The van der Waals surface area contributed by atoms with Crippen LogP contribution in [0.25, 0.3) is 0 Å². The number of nitrogens with zero attached hydrogens (tertiary/aromatic N) is 1. The maximum Gasteiger partial charge on any atom is 0.262 e. The number of anilines is 2. The van der Waals surface area contributed by atoms with E-state index in [1.807, 2.05) is 13.8 Å². The lowest BCUT2D eigenvalue weighted by molar-refractivity contribution is -0.116. The number of sulfonamides is 2. The Labute approximate surface area is 170 Å². The van der Waals surface area contributed by atoms with Crippen LogP contribution in [-0.2, 0) is 24.8 Å². The number of nitrogens with one attached hydrogen (secondary N) is 1. The summed E-state index contributed by atoms with van der Waals surface area (Å²) in [6.45, 7) is 5.21. The van der Waals surface area contributed by atoms with E-state index in [1.54, 1.807) is 31.2 Å². The molecule has 0 aromatic heterocycles. The first-order chi connectivity index (χ1) is 13.5. The molecule has 1 saturated heterocycles. The van der Waals surface area contributed by atoms with Crippen molar-refractivity contribution < 1.29 is 26.4 Å². The van der Waals surface area contributed by atoms with Crippen LogP contribution in [0.1, 0.15) is 25.8 Å². The predicted molar refractivity (Wildman–Crippen MR) is 110 cm³/mol. The monoisotopic (exact) mass is 438 g/mol. The van der Waals surface area contributed by atoms with Crippen molar-refractivity contribution in [1.29, 1.82) is 0 Å². The molecule has 2 aromatic carbocycles. The van der Waals surface area contributed by atoms with E-state index < -0.39 is 26.0 Å². The van der Waals surface area contributed by atoms with Crippen LogP contribution in [0.3, 0.4) is 0 Å². The lowest BCUT2D eigenvalue weighted by atomic mass is 10.2. The molecule has 0 saturated carbocycles. The van der Waals surface area contributed by atoms with E-state index in [2.05, 4.69) is 4.72 Å². The Morgan fingerprint density at radius 1 is 1.14 bits per heavy atom. The zero-order valence-electron chi connectivity index (χ0n) is 16.2. The normalized spacial score (nSPS) is 16.3. The third-order valence-electron chi connectivity index (χ3n) is 4.26. The van der Waals surface area contributed by atoms with Gasteiger partial charge in [-0.15, -0.1) is 0 Å². The van der Waals surface area contributed by atoms with Gasteiger partial charge in [-0.1, -0.05) is 12.1 Å². The van der Waals surface area contributed by atoms with Crippen molar-refractivity contribution in [2.24, 2.45) is 0 Å². The molecule has 0 radical (unpaired) electrons. The summed E-state index contributed by atoms with van der Waals surface area (Å²) in [5.41, 5.74) is 0.738. The summed E-state index contributed by atoms with van der Waals surface area (Å²) in [6.07, 6.45) is -0.225. The van der Waals surface area contributed by atoms with Gasteiger partial charge >= 0.3 is 0 Å². The van der Waals surface area contributed by atoms with Crippen molar-refractivity contribution >= 4 is 37.3 Å². The van der Waals surface area contributed by atoms with Gasteiger partial charge in [-0.2, -0.15) is 0 Å². The fraction of sp³-hybridized carbons (Fsp3) is 0.316. The number of ether oxygens (including phenoxy) is 1. The fourth-order valence-corrected chi connectivity index (χ4v) is 5.79. The van der Waals surface area contributed by atoms with E-state index in [0.717, 1.165) is 4.31 Å². The Bertz CT molecular complexity index is 1160. The zero-order chi connectivity index (χ0) is 21.4. The second-order valence-electron chi connectivity index (χ2n) is 6.94. The van der Waals surface area contributed by atoms with Gasteiger partial charge in [0.15, 0.2) is 0 Å². The second-order valence-corrected chi connectivity index (χ2v) is 10.5. The molecule has 1 aliphatic rings. The molecule has 0 atom stereocenters. The van der Waals surface area contributed by atoms with Gasteiger partial charge in [0.25, 0.3) is 10.0 Å². The maximum atomic E-state index is 12.9. The smallest absolute Gasteiger partial charge is 0.262 e. The maximum absolute atomic E-state index is 12.9. The minimum absolute atomic E-state index is 0.0235. The molecule has 10 heteroatoms.